The van der Waals surface area contributed by atoms with Crippen LogP contribution in [0.3, 0.4) is 0 Å². The molecule has 0 aromatic heterocycles. The predicted octanol–water partition coefficient (Wildman–Crippen LogP) is 1.03. The second-order valence-corrected chi connectivity index (χ2v) is 3.81. The number of primary amides is 1. The molecule has 0 unspecified atom stereocenters. The van der Waals surface area contributed by atoms with Crippen LogP contribution in [0.2, 0.25) is 0 Å². The third kappa shape index (κ3) is 2.73. The number of carboxylic acid groups (broad SMARTS) is 1. The van der Waals surface area contributed by atoms with E-state index in [-0.39, 0.29) is 0 Å². The summed E-state index contributed by atoms with van der Waals surface area (Å²) < 4.78 is 5.25. The second kappa shape index (κ2) is 4.22. The van der Waals surface area contributed by atoms with Crippen LogP contribution >= 0.6 is 0 Å². The zero-order valence-corrected chi connectivity index (χ0v) is 9.06. The molecule has 0 aliphatic heterocycles. The minimum atomic E-state index is -1.31. The van der Waals surface area contributed by atoms with Crippen LogP contribution in [-0.4, -0.2) is 22.6 Å². The normalized spacial score (nSPS) is 10.9. The molecule has 86 valence electrons. The number of amides is 1. The van der Waals surface area contributed by atoms with E-state index in [1.54, 1.807) is 0 Å². The van der Waals surface area contributed by atoms with Crippen LogP contribution in [-0.2, 0) is 4.79 Å². The third-order valence-corrected chi connectivity index (χ3v) is 2.03. The summed E-state index contributed by atoms with van der Waals surface area (Å²) in [7, 11) is 0. The Hall–Kier alpha value is -2.04. The van der Waals surface area contributed by atoms with Crippen molar-refractivity contribution in [2.45, 2.75) is 19.4 Å². The lowest BCUT2D eigenvalue weighted by Gasteiger charge is -2.21. The van der Waals surface area contributed by atoms with Gasteiger partial charge in [-0.05, 0) is 38.1 Å². The zero-order chi connectivity index (χ0) is 12.3. The fourth-order valence-corrected chi connectivity index (χ4v) is 1.03. The smallest absolute Gasteiger partial charge is 0.347 e. The fraction of sp³-hybridized carbons (Fsp3) is 0.273. The molecule has 0 heterocycles. The maximum absolute atomic E-state index is 10.8. The number of aliphatic carboxylic acids is 1. The first-order valence-electron chi connectivity index (χ1n) is 4.65. The summed E-state index contributed by atoms with van der Waals surface area (Å²) in [6, 6.07) is 5.97. The van der Waals surface area contributed by atoms with Gasteiger partial charge >= 0.3 is 5.97 Å². The second-order valence-electron chi connectivity index (χ2n) is 3.81. The molecule has 1 aromatic carbocycles. The first kappa shape index (κ1) is 12.0. The van der Waals surface area contributed by atoms with E-state index >= 15 is 0 Å². The Bertz CT molecular complexity index is 408. The molecule has 0 aliphatic rings. The van der Waals surface area contributed by atoms with E-state index in [0.29, 0.717) is 11.3 Å². The summed E-state index contributed by atoms with van der Waals surface area (Å²) in [5.41, 5.74) is 4.10. The van der Waals surface area contributed by atoms with E-state index in [0.717, 1.165) is 0 Å². The minimum Gasteiger partial charge on any atom is -0.478 e. The van der Waals surface area contributed by atoms with Gasteiger partial charge in [-0.15, -0.1) is 0 Å². The Labute approximate surface area is 92.8 Å². The quantitative estimate of drug-likeness (QED) is 0.797. The van der Waals surface area contributed by atoms with Gasteiger partial charge in [0.15, 0.2) is 5.60 Å². The molecule has 3 N–H and O–H groups in total. The lowest BCUT2D eigenvalue weighted by molar-refractivity contribution is -0.152. The molecule has 0 radical (unpaired) electrons. The summed E-state index contributed by atoms with van der Waals surface area (Å²) in [5.74, 6) is -1.23. The van der Waals surface area contributed by atoms with Gasteiger partial charge < -0.3 is 15.6 Å². The van der Waals surface area contributed by atoms with E-state index in [1.165, 1.54) is 38.1 Å². The summed E-state index contributed by atoms with van der Waals surface area (Å²) in [4.78, 5) is 21.6. The van der Waals surface area contributed by atoms with Gasteiger partial charge in [0, 0.05) is 5.56 Å². The van der Waals surface area contributed by atoms with Crippen molar-refractivity contribution < 1.29 is 19.4 Å². The molecule has 0 spiro atoms. The van der Waals surface area contributed by atoms with Gasteiger partial charge in [-0.1, -0.05) is 0 Å². The molecule has 16 heavy (non-hydrogen) atoms. The van der Waals surface area contributed by atoms with Crippen molar-refractivity contribution in [3.8, 4) is 5.75 Å². The third-order valence-electron chi connectivity index (χ3n) is 2.03. The molecule has 0 saturated carbocycles. The van der Waals surface area contributed by atoms with Crippen LogP contribution in [0.25, 0.3) is 0 Å². The topological polar surface area (TPSA) is 89.6 Å². The van der Waals surface area contributed by atoms with Gasteiger partial charge in [0.2, 0.25) is 5.91 Å². The van der Waals surface area contributed by atoms with Crippen molar-refractivity contribution >= 4 is 11.9 Å². The van der Waals surface area contributed by atoms with E-state index < -0.39 is 17.5 Å². The van der Waals surface area contributed by atoms with Gasteiger partial charge in [0.1, 0.15) is 5.75 Å². The van der Waals surface area contributed by atoms with Crippen LogP contribution in [0.15, 0.2) is 24.3 Å². The van der Waals surface area contributed by atoms with Gasteiger partial charge in [-0.25, -0.2) is 4.79 Å². The Morgan fingerprint density at radius 3 is 2.12 bits per heavy atom. The lowest BCUT2D eigenvalue weighted by atomic mass is 10.1. The minimum absolute atomic E-state index is 0.348. The monoisotopic (exact) mass is 223 g/mol. The van der Waals surface area contributed by atoms with E-state index in [9.17, 15) is 9.59 Å². The molecule has 1 amide bonds. The van der Waals surface area contributed by atoms with Gasteiger partial charge in [-0.3, -0.25) is 4.79 Å². The highest BCUT2D eigenvalue weighted by molar-refractivity contribution is 5.92. The van der Waals surface area contributed by atoms with E-state index in [2.05, 4.69) is 0 Å². The Morgan fingerprint density at radius 1 is 1.25 bits per heavy atom. The van der Waals surface area contributed by atoms with Crippen LogP contribution in [0.4, 0.5) is 0 Å². The average molecular weight is 223 g/mol. The molecule has 0 atom stereocenters. The van der Waals surface area contributed by atoms with Gasteiger partial charge in [-0.2, -0.15) is 0 Å². The molecule has 0 fully saturated rings. The molecule has 5 heteroatoms. The van der Waals surface area contributed by atoms with Crippen molar-refractivity contribution in [2.24, 2.45) is 5.73 Å². The van der Waals surface area contributed by atoms with Crippen LogP contribution in [0, 0.1) is 0 Å². The highest BCUT2D eigenvalue weighted by atomic mass is 16.5. The molecule has 1 aromatic rings. The van der Waals surface area contributed by atoms with Crippen LogP contribution in [0.5, 0.6) is 5.75 Å². The van der Waals surface area contributed by atoms with E-state index in [1.807, 2.05) is 0 Å². The zero-order valence-electron chi connectivity index (χ0n) is 9.06. The van der Waals surface area contributed by atoms with Crippen molar-refractivity contribution in [1.82, 2.24) is 0 Å². The number of carbonyl (C=O) groups is 2. The summed E-state index contributed by atoms with van der Waals surface area (Å²) in [6.07, 6.45) is 0. The maximum Gasteiger partial charge on any atom is 0.347 e. The Kier molecular flexibility index (Phi) is 3.17. The number of hydrogen-bond acceptors (Lipinski definition) is 3. The standard InChI is InChI=1S/C11H13NO4/c1-11(2,10(14)15)16-8-5-3-7(4-6-8)9(12)13/h3-6H,1-2H3,(H2,12,13)(H,14,15). The SMILES string of the molecule is CC(C)(Oc1ccc(C(N)=O)cc1)C(=O)O. The van der Waals surface area contributed by atoms with E-state index in [4.69, 9.17) is 15.6 Å². The molecule has 1 rings (SSSR count). The molecular weight excluding hydrogens is 210 g/mol. The van der Waals surface area contributed by atoms with Crippen molar-refractivity contribution in [1.29, 1.82) is 0 Å². The number of ether oxygens (including phenoxy) is 1. The molecule has 0 bridgehead atoms. The molecule has 0 saturated heterocycles. The Morgan fingerprint density at radius 2 is 1.75 bits per heavy atom. The van der Waals surface area contributed by atoms with Crippen molar-refractivity contribution in [3.05, 3.63) is 29.8 Å². The highest BCUT2D eigenvalue weighted by Gasteiger charge is 2.29. The number of rotatable bonds is 4. The maximum atomic E-state index is 10.8. The molecule has 0 aliphatic carbocycles. The number of carboxylic acids is 1. The molecular formula is C11H13NO4. The van der Waals surface area contributed by atoms with Crippen molar-refractivity contribution in [3.63, 3.8) is 0 Å². The number of hydrogen-bond donors (Lipinski definition) is 2. The first-order chi connectivity index (χ1) is 7.33. The predicted molar refractivity (Wildman–Crippen MR) is 57.3 cm³/mol. The van der Waals surface area contributed by atoms with Gasteiger partial charge in [0.25, 0.3) is 0 Å². The van der Waals surface area contributed by atoms with Gasteiger partial charge in [0.05, 0.1) is 0 Å². The van der Waals surface area contributed by atoms with Crippen LogP contribution < -0.4 is 10.5 Å². The summed E-state index contributed by atoms with van der Waals surface area (Å²) in [6.45, 7) is 2.88. The largest absolute Gasteiger partial charge is 0.478 e. The number of benzene rings is 1. The summed E-state index contributed by atoms with van der Waals surface area (Å²) in [5, 5.41) is 8.85. The fourth-order valence-electron chi connectivity index (χ4n) is 1.03. The number of nitrogens with two attached hydrogens (primary N) is 1. The average Bonchev–Trinajstić information content (AvgIpc) is 2.17. The van der Waals surface area contributed by atoms with Crippen molar-refractivity contribution in [2.75, 3.05) is 0 Å². The first-order valence-corrected chi connectivity index (χ1v) is 4.65. The Balaban J connectivity index is 2.84. The molecule has 5 nitrogen and oxygen atoms in total. The lowest BCUT2D eigenvalue weighted by Crippen LogP contribution is -2.37. The van der Waals surface area contributed by atoms with Crippen LogP contribution in [0.1, 0.15) is 24.2 Å². The highest BCUT2D eigenvalue weighted by Crippen LogP contribution is 2.19. The summed E-state index contributed by atoms with van der Waals surface area (Å²) >= 11 is 0. The number of carbonyl (C=O) groups excluding carboxylic acids is 1.